The van der Waals surface area contributed by atoms with Gasteiger partial charge in [-0.15, -0.1) is 0 Å². The molecule has 1 unspecified atom stereocenters. The Kier molecular flexibility index (Phi) is 3.60. The third-order valence-electron chi connectivity index (χ3n) is 4.63. The molecule has 4 atom stereocenters. The van der Waals surface area contributed by atoms with Crippen molar-refractivity contribution < 1.29 is 14.9 Å². The first-order valence-electron chi connectivity index (χ1n) is 7.23. The van der Waals surface area contributed by atoms with Gasteiger partial charge in [-0.05, 0) is 35.1 Å². The number of hydrogen-bond acceptors (Lipinski definition) is 3. The van der Waals surface area contributed by atoms with Gasteiger partial charge in [0.15, 0.2) is 11.5 Å². The van der Waals surface area contributed by atoms with Gasteiger partial charge in [-0.1, -0.05) is 43.3 Å². The SMILES string of the molecule is COc1cc([C@H]2[C@H](C)C(O)[C@@H]2c2ccccc2)ccc1O. The third kappa shape index (κ3) is 2.28. The summed E-state index contributed by atoms with van der Waals surface area (Å²) in [6.07, 6.45) is -0.336. The number of rotatable bonds is 3. The van der Waals surface area contributed by atoms with E-state index in [1.807, 2.05) is 30.3 Å². The summed E-state index contributed by atoms with van der Waals surface area (Å²) in [5.74, 6) is 1.13. The number of benzene rings is 2. The first-order valence-corrected chi connectivity index (χ1v) is 7.23. The van der Waals surface area contributed by atoms with Crippen LogP contribution in [0.2, 0.25) is 0 Å². The molecule has 1 aliphatic carbocycles. The molecular formula is C18H20O3. The summed E-state index contributed by atoms with van der Waals surface area (Å²) in [6, 6.07) is 15.6. The van der Waals surface area contributed by atoms with E-state index in [9.17, 15) is 10.2 Å². The van der Waals surface area contributed by atoms with E-state index < -0.39 is 0 Å². The lowest BCUT2D eigenvalue weighted by Gasteiger charge is -2.48. The van der Waals surface area contributed by atoms with Gasteiger partial charge in [-0.3, -0.25) is 0 Å². The van der Waals surface area contributed by atoms with Crippen molar-refractivity contribution in [3.05, 3.63) is 59.7 Å². The summed E-state index contributed by atoms with van der Waals surface area (Å²) in [5, 5.41) is 20.1. The maximum absolute atomic E-state index is 10.4. The predicted octanol–water partition coefficient (Wildman–Crippen LogP) is 3.28. The minimum atomic E-state index is -0.336. The minimum absolute atomic E-state index is 0.0930. The molecule has 21 heavy (non-hydrogen) atoms. The maximum Gasteiger partial charge on any atom is 0.160 e. The van der Waals surface area contributed by atoms with Crippen LogP contribution in [-0.4, -0.2) is 23.4 Å². The summed E-state index contributed by atoms with van der Waals surface area (Å²) >= 11 is 0. The van der Waals surface area contributed by atoms with Crippen LogP contribution in [0, 0.1) is 5.92 Å². The molecule has 0 heterocycles. The molecule has 0 radical (unpaired) electrons. The molecule has 1 aliphatic rings. The minimum Gasteiger partial charge on any atom is -0.504 e. The van der Waals surface area contributed by atoms with E-state index in [0.717, 1.165) is 11.1 Å². The van der Waals surface area contributed by atoms with Crippen LogP contribution in [0.25, 0.3) is 0 Å². The molecule has 2 aromatic carbocycles. The molecule has 1 fully saturated rings. The zero-order valence-corrected chi connectivity index (χ0v) is 12.2. The van der Waals surface area contributed by atoms with Crippen molar-refractivity contribution in [2.75, 3.05) is 7.11 Å². The second kappa shape index (κ2) is 5.41. The topological polar surface area (TPSA) is 49.7 Å². The van der Waals surface area contributed by atoms with Crippen LogP contribution in [0.4, 0.5) is 0 Å². The summed E-state index contributed by atoms with van der Waals surface area (Å²) in [5.41, 5.74) is 2.25. The lowest BCUT2D eigenvalue weighted by molar-refractivity contribution is -0.0166. The van der Waals surface area contributed by atoms with Crippen molar-refractivity contribution >= 4 is 0 Å². The van der Waals surface area contributed by atoms with Gasteiger partial charge in [0.2, 0.25) is 0 Å². The van der Waals surface area contributed by atoms with E-state index in [4.69, 9.17) is 4.74 Å². The van der Waals surface area contributed by atoms with Gasteiger partial charge >= 0.3 is 0 Å². The molecule has 0 bridgehead atoms. The first kappa shape index (κ1) is 14.0. The number of aromatic hydroxyl groups is 1. The highest BCUT2D eigenvalue weighted by atomic mass is 16.5. The molecule has 0 aliphatic heterocycles. The quantitative estimate of drug-likeness (QED) is 0.909. The van der Waals surface area contributed by atoms with Gasteiger partial charge in [0, 0.05) is 5.92 Å². The van der Waals surface area contributed by atoms with Gasteiger partial charge in [-0.25, -0.2) is 0 Å². The normalized spacial score (nSPS) is 28.0. The molecule has 110 valence electrons. The predicted molar refractivity (Wildman–Crippen MR) is 81.8 cm³/mol. The average molecular weight is 284 g/mol. The highest BCUT2D eigenvalue weighted by molar-refractivity contribution is 5.45. The average Bonchev–Trinajstić information content (AvgIpc) is 2.53. The Hall–Kier alpha value is -2.00. The monoisotopic (exact) mass is 284 g/mol. The van der Waals surface area contributed by atoms with Crippen LogP contribution in [0.5, 0.6) is 11.5 Å². The van der Waals surface area contributed by atoms with Crippen molar-refractivity contribution in [1.29, 1.82) is 0 Å². The third-order valence-corrected chi connectivity index (χ3v) is 4.63. The van der Waals surface area contributed by atoms with Crippen LogP contribution in [-0.2, 0) is 0 Å². The fraction of sp³-hybridized carbons (Fsp3) is 0.333. The highest BCUT2D eigenvalue weighted by Gasteiger charge is 2.48. The number of methoxy groups -OCH3 is 1. The second-order valence-corrected chi connectivity index (χ2v) is 5.74. The molecule has 0 amide bonds. The highest BCUT2D eigenvalue weighted by Crippen LogP contribution is 2.54. The van der Waals surface area contributed by atoms with Crippen LogP contribution in [0.3, 0.4) is 0 Å². The Bertz CT molecular complexity index is 624. The molecule has 3 rings (SSSR count). The fourth-order valence-corrected chi connectivity index (χ4v) is 3.43. The molecule has 3 heteroatoms. The van der Waals surface area contributed by atoms with E-state index >= 15 is 0 Å². The first-order chi connectivity index (χ1) is 10.1. The largest absolute Gasteiger partial charge is 0.504 e. The number of hydrogen-bond donors (Lipinski definition) is 2. The zero-order valence-electron chi connectivity index (χ0n) is 12.2. The zero-order chi connectivity index (χ0) is 15.0. The van der Waals surface area contributed by atoms with Crippen molar-refractivity contribution in [3.8, 4) is 11.5 Å². The number of aliphatic hydroxyl groups excluding tert-OH is 1. The molecular weight excluding hydrogens is 264 g/mol. The molecule has 1 saturated carbocycles. The Labute approximate surface area is 124 Å². The summed E-state index contributed by atoms with van der Waals surface area (Å²) in [7, 11) is 1.55. The van der Waals surface area contributed by atoms with Crippen molar-refractivity contribution in [2.45, 2.75) is 24.9 Å². The van der Waals surface area contributed by atoms with Gasteiger partial charge in [0.25, 0.3) is 0 Å². The Morgan fingerprint density at radius 1 is 0.952 bits per heavy atom. The number of phenols is 1. The van der Waals surface area contributed by atoms with Crippen molar-refractivity contribution in [2.24, 2.45) is 5.92 Å². The van der Waals surface area contributed by atoms with Crippen LogP contribution in [0.1, 0.15) is 29.9 Å². The maximum atomic E-state index is 10.4. The summed E-state index contributed by atoms with van der Waals surface area (Å²) < 4.78 is 5.19. The Morgan fingerprint density at radius 2 is 1.67 bits per heavy atom. The summed E-state index contributed by atoms with van der Waals surface area (Å²) in [6.45, 7) is 2.06. The standard InChI is InChI=1S/C18H20O3/c1-11-16(13-8-9-14(19)15(10-13)21-2)17(18(11)20)12-6-4-3-5-7-12/h3-11,16-20H,1-2H3/t11-,16+,17+,18?/m0/s1. The number of phenolic OH excluding ortho intramolecular Hbond substituents is 1. The van der Waals surface area contributed by atoms with E-state index in [-0.39, 0.29) is 29.6 Å². The van der Waals surface area contributed by atoms with Gasteiger partial charge in [0.1, 0.15) is 0 Å². The molecule has 0 saturated heterocycles. The Balaban J connectivity index is 1.96. The van der Waals surface area contributed by atoms with Crippen LogP contribution >= 0.6 is 0 Å². The summed E-state index contributed by atoms with van der Waals surface area (Å²) in [4.78, 5) is 0. The Morgan fingerprint density at radius 3 is 2.33 bits per heavy atom. The second-order valence-electron chi connectivity index (χ2n) is 5.74. The smallest absolute Gasteiger partial charge is 0.160 e. The lowest BCUT2D eigenvalue weighted by atomic mass is 9.58. The van der Waals surface area contributed by atoms with E-state index in [0.29, 0.717) is 5.75 Å². The van der Waals surface area contributed by atoms with Crippen LogP contribution < -0.4 is 4.74 Å². The van der Waals surface area contributed by atoms with E-state index in [1.54, 1.807) is 13.2 Å². The number of ether oxygens (including phenoxy) is 1. The number of aliphatic hydroxyl groups is 1. The molecule has 2 N–H and O–H groups in total. The van der Waals surface area contributed by atoms with E-state index in [1.165, 1.54) is 0 Å². The molecule has 2 aromatic rings. The lowest BCUT2D eigenvalue weighted by Crippen LogP contribution is -2.46. The fourth-order valence-electron chi connectivity index (χ4n) is 3.43. The van der Waals surface area contributed by atoms with Crippen molar-refractivity contribution in [3.63, 3.8) is 0 Å². The van der Waals surface area contributed by atoms with Gasteiger partial charge in [0.05, 0.1) is 13.2 Å². The molecule has 0 spiro atoms. The molecule has 3 nitrogen and oxygen atoms in total. The van der Waals surface area contributed by atoms with Gasteiger partial charge in [-0.2, -0.15) is 0 Å². The molecule has 0 aromatic heterocycles. The van der Waals surface area contributed by atoms with Crippen molar-refractivity contribution in [1.82, 2.24) is 0 Å². The van der Waals surface area contributed by atoms with E-state index in [2.05, 4.69) is 19.1 Å². The van der Waals surface area contributed by atoms with Crippen LogP contribution in [0.15, 0.2) is 48.5 Å². The van der Waals surface area contributed by atoms with Gasteiger partial charge < -0.3 is 14.9 Å².